The number of benzene rings is 1. The Morgan fingerprint density at radius 2 is 2.36 bits per heavy atom. The van der Waals surface area contributed by atoms with E-state index in [-0.39, 0.29) is 5.56 Å². The summed E-state index contributed by atoms with van der Waals surface area (Å²) in [6.45, 7) is 0. The molecule has 0 unspecified atom stereocenters. The maximum absolute atomic E-state index is 11.6. The second-order valence-electron chi connectivity index (χ2n) is 3.27. The van der Waals surface area contributed by atoms with E-state index < -0.39 is 0 Å². The van der Waals surface area contributed by atoms with Crippen LogP contribution in [0.2, 0.25) is 0 Å². The zero-order valence-corrected chi connectivity index (χ0v) is 8.23. The number of nitrogens with one attached hydrogen (secondary N) is 1. The maximum Gasteiger partial charge on any atom is 0.258 e. The molecule has 3 rings (SSSR count). The van der Waals surface area contributed by atoms with Crippen LogP contribution < -0.4 is 5.56 Å². The normalized spacial score (nSPS) is 14.6. The molecule has 2 heterocycles. The SMILES string of the molecule is O=c1[nH]cnc2ccc3c(c12)CCS3. The lowest BCUT2D eigenvalue weighted by Crippen LogP contribution is -2.08. The number of aromatic amines is 1. The largest absolute Gasteiger partial charge is 0.313 e. The van der Waals surface area contributed by atoms with E-state index in [9.17, 15) is 4.79 Å². The van der Waals surface area contributed by atoms with Crippen molar-refractivity contribution in [3.8, 4) is 0 Å². The number of H-pyrrole nitrogens is 1. The third-order valence-electron chi connectivity index (χ3n) is 2.48. The van der Waals surface area contributed by atoms with Crippen LogP contribution in [-0.4, -0.2) is 15.7 Å². The van der Waals surface area contributed by atoms with Gasteiger partial charge in [-0.05, 0) is 24.1 Å². The van der Waals surface area contributed by atoms with Gasteiger partial charge in [-0.2, -0.15) is 0 Å². The summed E-state index contributed by atoms with van der Waals surface area (Å²) < 4.78 is 0. The molecule has 1 aromatic carbocycles. The van der Waals surface area contributed by atoms with Crippen LogP contribution >= 0.6 is 11.8 Å². The highest BCUT2D eigenvalue weighted by atomic mass is 32.2. The predicted octanol–water partition coefficient (Wildman–Crippen LogP) is 1.57. The molecule has 1 N–H and O–H groups in total. The third-order valence-corrected chi connectivity index (χ3v) is 3.59. The molecule has 0 saturated carbocycles. The monoisotopic (exact) mass is 204 g/mol. The van der Waals surface area contributed by atoms with Gasteiger partial charge in [0.05, 0.1) is 17.2 Å². The van der Waals surface area contributed by atoms with Crippen LogP contribution in [0.3, 0.4) is 0 Å². The Hall–Kier alpha value is -1.29. The highest BCUT2D eigenvalue weighted by molar-refractivity contribution is 7.99. The first-order valence-corrected chi connectivity index (χ1v) is 5.47. The number of hydrogen-bond acceptors (Lipinski definition) is 3. The molecule has 2 aromatic rings. The van der Waals surface area contributed by atoms with Gasteiger partial charge in [0, 0.05) is 10.6 Å². The lowest BCUT2D eigenvalue weighted by atomic mass is 10.1. The van der Waals surface area contributed by atoms with Crippen molar-refractivity contribution in [2.24, 2.45) is 0 Å². The predicted molar refractivity (Wildman–Crippen MR) is 56.8 cm³/mol. The summed E-state index contributed by atoms with van der Waals surface area (Å²) in [7, 11) is 0. The first kappa shape index (κ1) is 8.05. The fraction of sp³-hybridized carbons (Fsp3) is 0.200. The van der Waals surface area contributed by atoms with Crippen molar-refractivity contribution < 1.29 is 0 Å². The van der Waals surface area contributed by atoms with Crippen LogP contribution in [0.1, 0.15) is 5.56 Å². The molecule has 1 aliphatic heterocycles. The minimum atomic E-state index is -0.0191. The van der Waals surface area contributed by atoms with Crippen molar-refractivity contribution in [1.29, 1.82) is 0 Å². The molecular weight excluding hydrogens is 196 g/mol. The Labute approximate surface area is 84.6 Å². The van der Waals surface area contributed by atoms with Crippen molar-refractivity contribution in [1.82, 2.24) is 9.97 Å². The van der Waals surface area contributed by atoms with Gasteiger partial charge in [0.25, 0.3) is 5.56 Å². The average molecular weight is 204 g/mol. The zero-order valence-electron chi connectivity index (χ0n) is 7.41. The average Bonchev–Trinajstić information content (AvgIpc) is 2.65. The molecule has 0 fully saturated rings. The van der Waals surface area contributed by atoms with Gasteiger partial charge in [0.15, 0.2) is 0 Å². The Bertz CT molecular complexity index is 562. The fourth-order valence-corrected chi connectivity index (χ4v) is 2.93. The highest BCUT2D eigenvalue weighted by Gasteiger charge is 2.16. The number of thioether (sulfide) groups is 1. The van der Waals surface area contributed by atoms with Crippen LogP contribution in [0.4, 0.5) is 0 Å². The fourth-order valence-electron chi connectivity index (χ4n) is 1.86. The molecule has 0 amide bonds. The van der Waals surface area contributed by atoms with Crippen molar-refractivity contribution in [3.05, 3.63) is 34.4 Å². The van der Waals surface area contributed by atoms with Crippen LogP contribution in [0.15, 0.2) is 28.2 Å². The van der Waals surface area contributed by atoms with Gasteiger partial charge in [0.1, 0.15) is 0 Å². The summed E-state index contributed by atoms with van der Waals surface area (Å²) in [5.41, 5.74) is 1.95. The van der Waals surface area contributed by atoms with Gasteiger partial charge in [-0.15, -0.1) is 11.8 Å². The Morgan fingerprint density at radius 1 is 1.43 bits per heavy atom. The molecule has 0 atom stereocenters. The smallest absolute Gasteiger partial charge is 0.258 e. The zero-order chi connectivity index (χ0) is 9.54. The minimum Gasteiger partial charge on any atom is -0.313 e. The van der Waals surface area contributed by atoms with E-state index in [1.165, 1.54) is 16.8 Å². The maximum atomic E-state index is 11.6. The van der Waals surface area contributed by atoms with Crippen LogP contribution in [0.5, 0.6) is 0 Å². The first-order chi connectivity index (χ1) is 6.86. The topological polar surface area (TPSA) is 45.8 Å². The molecule has 0 saturated heterocycles. The van der Waals surface area contributed by atoms with E-state index in [2.05, 4.69) is 16.0 Å². The van der Waals surface area contributed by atoms with Crippen LogP contribution in [0, 0.1) is 0 Å². The van der Waals surface area contributed by atoms with Gasteiger partial charge in [-0.3, -0.25) is 4.79 Å². The first-order valence-electron chi connectivity index (χ1n) is 4.48. The molecule has 70 valence electrons. The Balaban J connectivity index is 2.53. The van der Waals surface area contributed by atoms with Gasteiger partial charge < -0.3 is 4.98 Å². The molecule has 14 heavy (non-hydrogen) atoms. The number of aromatic nitrogens is 2. The Kier molecular flexibility index (Phi) is 1.64. The second kappa shape index (κ2) is 2.85. The third kappa shape index (κ3) is 1.00. The van der Waals surface area contributed by atoms with E-state index in [0.717, 1.165) is 23.1 Å². The lowest BCUT2D eigenvalue weighted by Gasteiger charge is -2.01. The molecule has 3 nitrogen and oxygen atoms in total. The van der Waals surface area contributed by atoms with E-state index >= 15 is 0 Å². The molecular formula is C10H8N2OS. The number of nitrogens with zero attached hydrogens (tertiary/aromatic N) is 1. The van der Waals surface area contributed by atoms with E-state index in [0.29, 0.717) is 0 Å². The number of hydrogen-bond donors (Lipinski definition) is 1. The van der Waals surface area contributed by atoms with Crippen molar-refractivity contribution in [2.45, 2.75) is 11.3 Å². The van der Waals surface area contributed by atoms with Crippen molar-refractivity contribution in [2.75, 3.05) is 5.75 Å². The molecule has 0 spiro atoms. The summed E-state index contributed by atoms with van der Waals surface area (Å²) in [6, 6.07) is 3.98. The molecule has 0 radical (unpaired) electrons. The minimum absolute atomic E-state index is 0.0191. The standard InChI is InChI=1S/C10H8N2OS/c13-10-9-6-3-4-14-8(6)2-1-7(9)11-5-12-10/h1-2,5H,3-4H2,(H,11,12,13). The van der Waals surface area contributed by atoms with Crippen LogP contribution in [0.25, 0.3) is 10.9 Å². The molecule has 1 aliphatic rings. The molecule has 0 aliphatic carbocycles. The van der Waals surface area contributed by atoms with Gasteiger partial charge >= 0.3 is 0 Å². The summed E-state index contributed by atoms with van der Waals surface area (Å²) in [6.07, 6.45) is 2.44. The molecule has 0 bridgehead atoms. The van der Waals surface area contributed by atoms with E-state index in [1.807, 2.05) is 17.8 Å². The number of aryl methyl sites for hydroxylation is 1. The van der Waals surface area contributed by atoms with Crippen LogP contribution in [-0.2, 0) is 6.42 Å². The van der Waals surface area contributed by atoms with Gasteiger partial charge in [-0.1, -0.05) is 0 Å². The number of fused-ring (bicyclic) bond motifs is 3. The Morgan fingerprint density at radius 3 is 3.29 bits per heavy atom. The highest BCUT2D eigenvalue weighted by Crippen LogP contribution is 2.34. The quantitative estimate of drug-likeness (QED) is 0.708. The van der Waals surface area contributed by atoms with Gasteiger partial charge in [-0.25, -0.2) is 4.98 Å². The van der Waals surface area contributed by atoms with Gasteiger partial charge in [0.2, 0.25) is 0 Å². The molecule has 4 heteroatoms. The van der Waals surface area contributed by atoms with E-state index in [4.69, 9.17) is 0 Å². The second-order valence-corrected chi connectivity index (χ2v) is 4.40. The van der Waals surface area contributed by atoms with Crippen molar-refractivity contribution >= 4 is 22.7 Å². The molecule has 1 aromatic heterocycles. The summed E-state index contributed by atoms with van der Waals surface area (Å²) in [5.74, 6) is 1.07. The summed E-state index contributed by atoms with van der Waals surface area (Å²) in [4.78, 5) is 19.6. The summed E-state index contributed by atoms with van der Waals surface area (Å²) >= 11 is 1.81. The summed E-state index contributed by atoms with van der Waals surface area (Å²) in [5, 5.41) is 0.773. The lowest BCUT2D eigenvalue weighted by molar-refractivity contribution is 1.12. The number of rotatable bonds is 0. The van der Waals surface area contributed by atoms with Crippen molar-refractivity contribution in [3.63, 3.8) is 0 Å². The van der Waals surface area contributed by atoms with E-state index in [1.54, 1.807) is 0 Å².